The minimum absolute atomic E-state index is 0.263. The van der Waals surface area contributed by atoms with E-state index in [1.54, 1.807) is 56.5 Å². The van der Waals surface area contributed by atoms with Crippen LogP contribution in [0.5, 0.6) is 17.2 Å². The fraction of sp³-hybridized carbons (Fsp3) is 0.211. The molecule has 2 rings (SSSR count). The van der Waals surface area contributed by atoms with Gasteiger partial charge in [-0.1, -0.05) is 24.8 Å². The van der Waals surface area contributed by atoms with Crippen LogP contribution in [-0.2, 0) is 4.79 Å². The zero-order valence-corrected chi connectivity index (χ0v) is 13.8. The highest BCUT2D eigenvalue weighted by Gasteiger charge is 2.16. The Morgan fingerprint density at radius 2 is 1.83 bits per heavy atom. The van der Waals surface area contributed by atoms with E-state index in [0.29, 0.717) is 23.8 Å². The largest absolute Gasteiger partial charge is 0.497 e. The van der Waals surface area contributed by atoms with E-state index in [0.717, 1.165) is 5.75 Å². The predicted molar refractivity (Wildman–Crippen MR) is 93.8 cm³/mol. The number of hydrogen-bond acceptors (Lipinski definition) is 4. The van der Waals surface area contributed by atoms with E-state index in [4.69, 9.17) is 14.2 Å². The Balaban J connectivity index is 1.99. The molecule has 0 fully saturated rings. The van der Waals surface area contributed by atoms with E-state index in [9.17, 15) is 4.79 Å². The summed E-state index contributed by atoms with van der Waals surface area (Å²) < 4.78 is 16.3. The maximum absolute atomic E-state index is 12.3. The minimum Gasteiger partial charge on any atom is -0.497 e. The summed E-state index contributed by atoms with van der Waals surface area (Å²) in [6.45, 7) is 5.67. The molecule has 1 atom stereocenters. The number of anilines is 1. The average molecular weight is 327 g/mol. The zero-order chi connectivity index (χ0) is 17.4. The maximum atomic E-state index is 12.3. The van der Waals surface area contributed by atoms with Gasteiger partial charge in [-0.05, 0) is 43.3 Å². The van der Waals surface area contributed by atoms with Crippen molar-refractivity contribution in [2.75, 3.05) is 19.0 Å². The molecule has 1 unspecified atom stereocenters. The zero-order valence-electron chi connectivity index (χ0n) is 13.8. The normalized spacial score (nSPS) is 11.2. The lowest BCUT2D eigenvalue weighted by Crippen LogP contribution is -2.30. The second-order valence-corrected chi connectivity index (χ2v) is 5.02. The summed E-state index contributed by atoms with van der Waals surface area (Å²) in [5.41, 5.74) is 0.592. The molecular weight excluding hydrogens is 306 g/mol. The van der Waals surface area contributed by atoms with Gasteiger partial charge >= 0.3 is 0 Å². The van der Waals surface area contributed by atoms with Crippen molar-refractivity contribution in [3.8, 4) is 17.2 Å². The van der Waals surface area contributed by atoms with Crippen LogP contribution in [0.25, 0.3) is 0 Å². The molecule has 1 N–H and O–H groups in total. The third-order valence-electron chi connectivity index (χ3n) is 3.24. The molecular formula is C19H21NO4. The summed E-state index contributed by atoms with van der Waals surface area (Å²) in [5, 5.41) is 2.81. The van der Waals surface area contributed by atoms with Gasteiger partial charge in [0, 0.05) is 0 Å². The molecule has 2 aromatic rings. The van der Waals surface area contributed by atoms with E-state index in [1.807, 2.05) is 12.1 Å². The number of benzene rings is 2. The highest BCUT2D eigenvalue weighted by atomic mass is 16.5. The number of nitrogens with one attached hydrogen (secondary N) is 1. The number of carbonyl (C=O) groups excluding carboxylic acids is 1. The van der Waals surface area contributed by atoms with Gasteiger partial charge < -0.3 is 19.5 Å². The molecule has 0 bridgehead atoms. The maximum Gasteiger partial charge on any atom is 0.265 e. The van der Waals surface area contributed by atoms with Crippen LogP contribution in [0.2, 0.25) is 0 Å². The van der Waals surface area contributed by atoms with Gasteiger partial charge in [-0.3, -0.25) is 4.79 Å². The van der Waals surface area contributed by atoms with Crippen molar-refractivity contribution in [3.63, 3.8) is 0 Å². The predicted octanol–water partition coefficient (Wildman–Crippen LogP) is 3.67. The van der Waals surface area contributed by atoms with Crippen molar-refractivity contribution in [3.05, 3.63) is 61.2 Å². The van der Waals surface area contributed by atoms with Crippen molar-refractivity contribution < 1.29 is 19.0 Å². The van der Waals surface area contributed by atoms with Gasteiger partial charge in [0.2, 0.25) is 0 Å². The molecule has 126 valence electrons. The average Bonchev–Trinajstić information content (AvgIpc) is 2.61. The molecule has 0 spiro atoms. The topological polar surface area (TPSA) is 56.8 Å². The summed E-state index contributed by atoms with van der Waals surface area (Å²) in [4.78, 5) is 12.3. The third kappa shape index (κ3) is 4.78. The van der Waals surface area contributed by atoms with Crippen molar-refractivity contribution in [2.45, 2.75) is 13.0 Å². The first-order valence-corrected chi connectivity index (χ1v) is 7.58. The van der Waals surface area contributed by atoms with Crippen LogP contribution in [0, 0.1) is 0 Å². The number of carbonyl (C=O) groups is 1. The molecule has 0 aliphatic rings. The molecule has 5 heteroatoms. The monoisotopic (exact) mass is 327 g/mol. The highest BCUT2D eigenvalue weighted by Crippen LogP contribution is 2.24. The fourth-order valence-corrected chi connectivity index (χ4v) is 1.99. The van der Waals surface area contributed by atoms with Gasteiger partial charge in [-0.2, -0.15) is 0 Å². The van der Waals surface area contributed by atoms with Crippen LogP contribution >= 0.6 is 0 Å². The molecule has 0 saturated heterocycles. The van der Waals surface area contributed by atoms with Crippen molar-refractivity contribution in [1.82, 2.24) is 0 Å². The van der Waals surface area contributed by atoms with Gasteiger partial charge in [0.05, 0.1) is 12.8 Å². The van der Waals surface area contributed by atoms with Gasteiger partial charge in [0.15, 0.2) is 6.10 Å². The summed E-state index contributed by atoms with van der Waals surface area (Å²) in [6.07, 6.45) is 0.986. The Bertz CT molecular complexity index is 682. The summed E-state index contributed by atoms with van der Waals surface area (Å²) in [7, 11) is 1.60. The van der Waals surface area contributed by atoms with E-state index in [1.165, 1.54) is 0 Å². The molecule has 0 saturated carbocycles. The van der Waals surface area contributed by atoms with E-state index >= 15 is 0 Å². The summed E-state index contributed by atoms with van der Waals surface area (Å²) in [6, 6.07) is 14.3. The van der Waals surface area contributed by atoms with E-state index in [-0.39, 0.29) is 5.91 Å². The minimum atomic E-state index is -0.661. The Labute approximate surface area is 141 Å². The first-order chi connectivity index (χ1) is 11.6. The van der Waals surface area contributed by atoms with Crippen LogP contribution in [0.15, 0.2) is 61.2 Å². The molecule has 0 heterocycles. The molecule has 24 heavy (non-hydrogen) atoms. The Morgan fingerprint density at radius 3 is 2.50 bits per heavy atom. The lowest BCUT2D eigenvalue weighted by molar-refractivity contribution is -0.122. The SMILES string of the molecule is C=CCOc1ccccc1NC(=O)C(C)Oc1ccc(OC)cc1. The van der Waals surface area contributed by atoms with Gasteiger partial charge in [-0.15, -0.1) is 0 Å². The second-order valence-electron chi connectivity index (χ2n) is 5.02. The van der Waals surface area contributed by atoms with Gasteiger partial charge in [-0.25, -0.2) is 0 Å². The molecule has 0 aliphatic carbocycles. The number of rotatable bonds is 8. The van der Waals surface area contributed by atoms with Crippen LogP contribution in [0.4, 0.5) is 5.69 Å². The number of para-hydroxylation sites is 2. The van der Waals surface area contributed by atoms with Crippen LogP contribution in [-0.4, -0.2) is 25.7 Å². The summed E-state index contributed by atoms with van der Waals surface area (Å²) >= 11 is 0. The molecule has 0 aromatic heterocycles. The van der Waals surface area contributed by atoms with E-state index in [2.05, 4.69) is 11.9 Å². The lowest BCUT2D eigenvalue weighted by Gasteiger charge is -2.16. The first-order valence-electron chi connectivity index (χ1n) is 7.58. The smallest absolute Gasteiger partial charge is 0.265 e. The molecule has 0 aliphatic heterocycles. The van der Waals surface area contributed by atoms with Crippen LogP contribution < -0.4 is 19.5 Å². The third-order valence-corrected chi connectivity index (χ3v) is 3.24. The van der Waals surface area contributed by atoms with Crippen molar-refractivity contribution in [2.24, 2.45) is 0 Å². The van der Waals surface area contributed by atoms with Crippen LogP contribution in [0.1, 0.15) is 6.92 Å². The Hall–Kier alpha value is -2.95. The fourth-order valence-electron chi connectivity index (χ4n) is 1.99. The van der Waals surface area contributed by atoms with Crippen molar-refractivity contribution >= 4 is 11.6 Å². The number of ether oxygens (including phenoxy) is 3. The number of amides is 1. The van der Waals surface area contributed by atoms with Gasteiger partial charge in [0.1, 0.15) is 23.9 Å². The first kappa shape index (κ1) is 17.4. The molecule has 2 aromatic carbocycles. The molecule has 0 radical (unpaired) electrons. The molecule has 1 amide bonds. The van der Waals surface area contributed by atoms with Crippen LogP contribution in [0.3, 0.4) is 0 Å². The Morgan fingerprint density at radius 1 is 1.17 bits per heavy atom. The van der Waals surface area contributed by atoms with E-state index < -0.39 is 6.10 Å². The van der Waals surface area contributed by atoms with Gasteiger partial charge in [0.25, 0.3) is 5.91 Å². The second kappa shape index (κ2) is 8.62. The Kier molecular flexibility index (Phi) is 6.25. The molecule has 5 nitrogen and oxygen atoms in total. The highest BCUT2D eigenvalue weighted by molar-refractivity contribution is 5.95. The number of hydrogen-bond donors (Lipinski definition) is 1. The summed E-state index contributed by atoms with van der Waals surface area (Å²) in [5.74, 6) is 1.64. The lowest BCUT2D eigenvalue weighted by atomic mass is 10.2. The quantitative estimate of drug-likeness (QED) is 0.752. The standard InChI is InChI=1S/C19H21NO4/c1-4-13-23-18-8-6-5-7-17(18)20-19(21)14(2)24-16-11-9-15(22-3)10-12-16/h4-12,14H,1,13H2,2-3H3,(H,20,21). The van der Waals surface area contributed by atoms with Crippen molar-refractivity contribution in [1.29, 1.82) is 0 Å². The number of methoxy groups -OCH3 is 1.